The van der Waals surface area contributed by atoms with Gasteiger partial charge in [-0.3, -0.25) is 4.68 Å². The number of halogens is 3. The summed E-state index contributed by atoms with van der Waals surface area (Å²) in [6, 6.07) is 1.44. The quantitative estimate of drug-likeness (QED) is 0.648. The normalized spacial score (nSPS) is 12.6. The molecule has 13 heavy (non-hydrogen) atoms. The van der Waals surface area contributed by atoms with E-state index in [1.54, 1.807) is 5.38 Å². The van der Waals surface area contributed by atoms with Gasteiger partial charge in [0.25, 0.3) is 0 Å². The predicted octanol–water partition coefficient (Wildman–Crippen LogP) is 2.65. The zero-order valence-electron chi connectivity index (χ0n) is 6.59. The molecule has 0 amide bonds. The van der Waals surface area contributed by atoms with Crippen molar-refractivity contribution >= 4 is 21.6 Å². The molecule has 0 radical (unpaired) electrons. The van der Waals surface area contributed by atoms with E-state index in [0.29, 0.717) is 4.83 Å². The third kappa shape index (κ3) is 1.21. The summed E-state index contributed by atoms with van der Waals surface area (Å²) in [4.78, 5) is 0.548. The molecule has 0 saturated carbocycles. The van der Waals surface area contributed by atoms with Gasteiger partial charge >= 0.3 is 6.18 Å². The van der Waals surface area contributed by atoms with Crippen molar-refractivity contribution < 1.29 is 13.2 Å². The molecular weight excluding hydrogens is 201 g/mol. The molecule has 2 aromatic heterocycles. The lowest BCUT2D eigenvalue weighted by atomic mass is 10.3. The molecule has 0 spiro atoms. The summed E-state index contributed by atoms with van der Waals surface area (Å²) < 4.78 is 38.3. The molecule has 0 aromatic carbocycles. The first-order chi connectivity index (χ1) is 6.00. The lowest BCUT2D eigenvalue weighted by Gasteiger charge is -2.00. The maximum atomic E-state index is 12.3. The topological polar surface area (TPSA) is 17.8 Å². The van der Waals surface area contributed by atoms with Crippen molar-refractivity contribution in [1.82, 2.24) is 9.78 Å². The van der Waals surface area contributed by atoms with Crippen LogP contribution in [0.5, 0.6) is 0 Å². The van der Waals surface area contributed by atoms with E-state index in [2.05, 4.69) is 5.10 Å². The minimum atomic E-state index is -4.36. The van der Waals surface area contributed by atoms with E-state index in [-0.39, 0.29) is 5.39 Å². The molecule has 2 nitrogen and oxygen atoms in total. The highest BCUT2D eigenvalue weighted by Crippen LogP contribution is 2.35. The molecule has 0 unspecified atom stereocenters. The zero-order chi connectivity index (χ0) is 9.64. The van der Waals surface area contributed by atoms with Crippen LogP contribution < -0.4 is 0 Å². The van der Waals surface area contributed by atoms with Crippen molar-refractivity contribution in [3.05, 3.63) is 17.1 Å². The van der Waals surface area contributed by atoms with Gasteiger partial charge in [-0.2, -0.15) is 18.3 Å². The van der Waals surface area contributed by atoms with Gasteiger partial charge in [-0.05, 0) is 11.4 Å². The molecule has 0 aliphatic carbocycles. The maximum Gasteiger partial charge on any atom is 0.435 e. The van der Waals surface area contributed by atoms with E-state index in [4.69, 9.17) is 0 Å². The lowest BCUT2D eigenvalue weighted by Crippen LogP contribution is -2.07. The lowest BCUT2D eigenvalue weighted by molar-refractivity contribution is -0.140. The fourth-order valence-corrected chi connectivity index (χ4v) is 2.01. The van der Waals surface area contributed by atoms with Crippen LogP contribution in [0.4, 0.5) is 13.2 Å². The average Bonchev–Trinajstić information content (AvgIpc) is 2.51. The largest absolute Gasteiger partial charge is 0.435 e. The van der Waals surface area contributed by atoms with E-state index in [0.717, 1.165) is 0 Å². The second kappa shape index (κ2) is 2.47. The maximum absolute atomic E-state index is 12.3. The Balaban J connectivity index is 2.76. The molecule has 0 atom stereocenters. The van der Waals surface area contributed by atoms with Crippen LogP contribution in [0.25, 0.3) is 10.2 Å². The van der Waals surface area contributed by atoms with Gasteiger partial charge in [0.1, 0.15) is 4.83 Å². The zero-order valence-corrected chi connectivity index (χ0v) is 7.41. The van der Waals surface area contributed by atoms with E-state index in [9.17, 15) is 13.2 Å². The van der Waals surface area contributed by atoms with Crippen LogP contribution in [0.3, 0.4) is 0 Å². The van der Waals surface area contributed by atoms with Gasteiger partial charge in [-0.25, -0.2) is 0 Å². The Bertz CT molecular complexity index is 440. The second-order valence-electron chi connectivity index (χ2n) is 2.61. The van der Waals surface area contributed by atoms with Gasteiger partial charge in [0.05, 0.1) is 0 Å². The fraction of sp³-hybridized carbons (Fsp3) is 0.286. The van der Waals surface area contributed by atoms with Gasteiger partial charge in [-0.1, -0.05) is 0 Å². The summed E-state index contributed by atoms with van der Waals surface area (Å²) >= 11 is 1.25. The number of hydrogen-bond acceptors (Lipinski definition) is 2. The number of rotatable bonds is 0. The first-order valence-electron chi connectivity index (χ1n) is 3.47. The van der Waals surface area contributed by atoms with Crippen molar-refractivity contribution in [3.63, 3.8) is 0 Å². The molecular formula is C7H5F3N2S. The number of fused-ring (bicyclic) bond motifs is 1. The highest BCUT2D eigenvalue weighted by atomic mass is 32.1. The average molecular weight is 206 g/mol. The summed E-state index contributed by atoms with van der Waals surface area (Å²) in [7, 11) is 1.51. The summed E-state index contributed by atoms with van der Waals surface area (Å²) in [5, 5.41) is 5.23. The number of nitrogens with zero attached hydrogens (tertiary/aromatic N) is 2. The van der Waals surface area contributed by atoms with Gasteiger partial charge in [-0.15, -0.1) is 11.3 Å². The number of hydrogen-bond donors (Lipinski definition) is 0. The fourth-order valence-electron chi connectivity index (χ4n) is 1.19. The molecule has 2 heterocycles. The van der Waals surface area contributed by atoms with Gasteiger partial charge in [0.2, 0.25) is 0 Å². The van der Waals surface area contributed by atoms with E-state index >= 15 is 0 Å². The SMILES string of the molecule is Cn1nc(C(F)(F)F)c2ccsc21. The van der Waals surface area contributed by atoms with E-state index < -0.39 is 11.9 Å². The smallest absolute Gasteiger partial charge is 0.257 e. The number of alkyl halides is 3. The molecule has 0 aliphatic rings. The van der Waals surface area contributed by atoms with Gasteiger partial charge < -0.3 is 0 Å². The molecule has 0 fully saturated rings. The van der Waals surface area contributed by atoms with Gasteiger partial charge in [0, 0.05) is 12.4 Å². The van der Waals surface area contributed by atoms with Crippen molar-refractivity contribution in [2.45, 2.75) is 6.18 Å². The van der Waals surface area contributed by atoms with Crippen molar-refractivity contribution in [3.8, 4) is 0 Å². The Morgan fingerprint density at radius 3 is 2.77 bits per heavy atom. The van der Waals surface area contributed by atoms with Crippen LogP contribution in [0.2, 0.25) is 0 Å². The molecule has 0 bridgehead atoms. The third-order valence-corrected chi connectivity index (χ3v) is 2.69. The van der Waals surface area contributed by atoms with Crippen LogP contribution in [-0.2, 0) is 13.2 Å². The summed E-state index contributed by atoms with van der Waals surface area (Å²) in [5.41, 5.74) is -0.800. The molecule has 2 aromatic rings. The molecule has 0 N–H and O–H groups in total. The van der Waals surface area contributed by atoms with E-state index in [1.165, 1.54) is 29.1 Å². The van der Waals surface area contributed by atoms with E-state index in [1.807, 2.05) is 0 Å². The van der Waals surface area contributed by atoms with Crippen molar-refractivity contribution in [2.24, 2.45) is 7.05 Å². The highest BCUT2D eigenvalue weighted by molar-refractivity contribution is 7.16. The summed E-state index contributed by atoms with van der Waals surface area (Å²) in [5.74, 6) is 0. The third-order valence-electron chi connectivity index (χ3n) is 1.71. The predicted molar refractivity (Wildman–Crippen MR) is 43.6 cm³/mol. The first-order valence-corrected chi connectivity index (χ1v) is 4.35. The Hall–Kier alpha value is -1.04. The van der Waals surface area contributed by atoms with Crippen LogP contribution >= 0.6 is 11.3 Å². The summed E-state index contributed by atoms with van der Waals surface area (Å²) in [6.07, 6.45) is -4.36. The Kier molecular flexibility index (Phi) is 1.63. The first kappa shape index (κ1) is 8.55. The monoisotopic (exact) mass is 206 g/mol. The van der Waals surface area contributed by atoms with Crippen LogP contribution in [-0.4, -0.2) is 9.78 Å². The highest BCUT2D eigenvalue weighted by Gasteiger charge is 2.36. The standard InChI is InChI=1S/C7H5F3N2S/c1-12-6-4(2-3-13-6)5(11-12)7(8,9)10/h2-3H,1H3. The summed E-state index contributed by atoms with van der Waals surface area (Å²) in [6.45, 7) is 0. The second-order valence-corrected chi connectivity index (χ2v) is 3.50. The molecule has 0 saturated heterocycles. The van der Waals surface area contributed by atoms with Gasteiger partial charge in [0.15, 0.2) is 5.69 Å². The molecule has 6 heteroatoms. The minimum Gasteiger partial charge on any atom is -0.257 e. The van der Waals surface area contributed by atoms with Crippen molar-refractivity contribution in [1.29, 1.82) is 0 Å². The Morgan fingerprint density at radius 2 is 2.15 bits per heavy atom. The van der Waals surface area contributed by atoms with Crippen LogP contribution in [0, 0.1) is 0 Å². The molecule has 70 valence electrons. The minimum absolute atomic E-state index is 0.181. The van der Waals surface area contributed by atoms with Crippen molar-refractivity contribution in [2.75, 3.05) is 0 Å². The molecule has 0 aliphatic heterocycles. The molecule has 2 rings (SSSR count). The number of thiophene rings is 1. The van der Waals surface area contributed by atoms with Crippen LogP contribution in [0.15, 0.2) is 11.4 Å². The number of aryl methyl sites for hydroxylation is 1. The van der Waals surface area contributed by atoms with Crippen LogP contribution in [0.1, 0.15) is 5.69 Å². The Morgan fingerprint density at radius 1 is 1.46 bits per heavy atom. The Labute approximate surface area is 75.6 Å². The number of aromatic nitrogens is 2.